The second kappa shape index (κ2) is 8.69. The number of nitrogens with one attached hydrogen (secondary N) is 1. The van der Waals surface area contributed by atoms with Crippen LogP contribution in [-0.2, 0) is 9.47 Å². The highest BCUT2D eigenvalue weighted by atomic mass is 35.5. The van der Waals surface area contributed by atoms with Crippen LogP contribution in [0.4, 0.5) is 0 Å². The number of fused-ring (bicyclic) bond motifs is 2. The van der Waals surface area contributed by atoms with Gasteiger partial charge in [0, 0.05) is 11.5 Å². The molecule has 1 aromatic heterocycles. The van der Waals surface area contributed by atoms with Gasteiger partial charge in [0.05, 0.1) is 35.4 Å². The molecule has 1 saturated carbocycles. The standard InChI is InChI=1S/C25H27ClN2O5S/c26-17-10-19-18(27-24(28-19)33-21-11-32-25(34)22(30)12-31-23(21)25)9-16(17)14-7-5-13(6-8-14)15-3-1-2-4-20(15)29/h5-10,15,20-23,29-30,34H,1-4,11-12H2,(H,27,28)/t15-,20+,21-,22-,23-,25+/m1/s1. The Bertz CT molecular complexity index is 1200. The van der Waals surface area contributed by atoms with E-state index in [-0.39, 0.29) is 25.2 Å². The number of aliphatic hydroxyl groups excluding tert-OH is 2. The molecule has 0 spiro atoms. The van der Waals surface area contributed by atoms with E-state index in [1.807, 2.05) is 12.1 Å². The molecule has 3 aliphatic rings. The molecule has 7 nitrogen and oxygen atoms in total. The van der Waals surface area contributed by atoms with Gasteiger partial charge < -0.3 is 29.4 Å². The molecule has 2 aliphatic heterocycles. The minimum atomic E-state index is -1.06. The van der Waals surface area contributed by atoms with Gasteiger partial charge in [-0.3, -0.25) is 0 Å². The average Bonchev–Trinajstić information content (AvgIpc) is 3.46. The molecule has 0 unspecified atom stereocenters. The maximum Gasteiger partial charge on any atom is 0.295 e. The number of aromatic amines is 1. The zero-order chi connectivity index (χ0) is 23.4. The van der Waals surface area contributed by atoms with Crippen molar-refractivity contribution < 1.29 is 24.4 Å². The predicted octanol–water partition coefficient (Wildman–Crippen LogP) is 4.07. The summed E-state index contributed by atoms with van der Waals surface area (Å²) in [6, 6.07) is 12.4. The normalized spacial score (nSPS) is 33.4. The zero-order valence-corrected chi connectivity index (χ0v) is 20.1. The molecule has 2 saturated heterocycles. The number of hydrogen-bond donors (Lipinski definition) is 4. The van der Waals surface area contributed by atoms with E-state index in [4.69, 9.17) is 25.8 Å². The monoisotopic (exact) mass is 502 g/mol. The van der Waals surface area contributed by atoms with E-state index in [2.05, 4.69) is 46.9 Å². The van der Waals surface area contributed by atoms with Crippen molar-refractivity contribution in [3.8, 4) is 17.1 Å². The number of benzene rings is 2. The van der Waals surface area contributed by atoms with Crippen molar-refractivity contribution in [1.29, 1.82) is 0 Å². The van der Waals surface area contributed by atoms with Crippen LogP contribution in [0.3, 0.4) is 0 Å². The SMILES string of the molecule is O[C@@H]1CO[C@@H]2[C@H](Oc3nc4cc(-c5ccc([C@H]6CCCC[C@@H]6O)cc5)c(Cl)cc4[nH]3)CO[C@]12S. The second-order valence-corrected chi connectivity index (χ2v) is 10.6. The number of halogens is 1. The highest BCUT2D eigenvalue weighted by Crippen LogP contribution is 2.42. The van der Waals surface area contributed by atoms with Gasteiger partial charge in [0.15, 0.2) is 11.0 Å². The quantitative estimate of drug-likeness (QED) is 0.402. The number of hydrogen-bond acceptors (Lipinski definition) is 7. The van der Waals surface area contributed by atoms with Crippen LogP contribution in [0.15, 0.2) is 36.4 Å². The number of H-pyrrole nitrogens is 1. The smallest absolute Gasteiger partial charge is 0.295 e. The Morgan fingerprint density at radius 1 is 1.12 bits per heavy atom. The summed E-state index contributed by atoms with van der Waals surface area (Å²) in [7, 11) is 0. The van der Waals surface area contributed by atoms with E-state index >= 15 is 0 Å². The van der Waals surface area contributed by atoms with Gasteiger partial charge in [-0.2, -0.15) is 4.98 Å². The lowest BCUT2D eigenvalue weighted by atomic mass is 9.81. The summed E-state index contributed by atoms with van der Waals surface area (Å²) in [5.41, 5.74) is 4.52. The molecule has 0 amide bonds. The zero-order valence-electron chi connectivity index (χ0n) is 18.5. The van der Waals surface area contributed by atoms with E-state index in [1.165, 1.54) is 5.56 Å². The van der Waals surface area contributed by atoms with E-state index in [0.717, 1.165) is 47.8 Å². The lowest BCUT2D eigenvalue weighted by Gasteiger charge is -2.28. The molecule has 3 heterocycles. The Hall–Kier alpha value is -1.81. The first-order valence-corrected chi connectivity index (χ1v) is 12.6. The van der Waals surface area contributed by atoms with Gasteiger partial charge in [-0.1, -0.05) is 48.7 Å². The van der Waals surface area contributed by atoms with E-state index in [0.29, 0.717) is 11.0 Å². The highest BCUT2D eigenvalue weighted by molar-refractivity contribution is 7.81. The Labute approximate surface area is 207 Å². The maximum atomic E-state index is 10.4. The summed E-state index contributed by atoms with van der Waals surface area (Å²) in [5.74, 6) is 0.201. The van der Waals surface area contributed by atoms with Crippen molar-refractivity contribution in [2.75, 3.05) is 13.2 Å². The summed E-state index contributed by atoms with van der Waals surface area (Å²) >= 11 is 11.1. The molecule has 9 heteroatoms. The number of nitrogens with zero attached hydrogens (tertiary/aromatic N) is 1. The summed E-state index contributed by atoms with van der Waals surface area (Å²) < 4.78 is 17.4. The third-order valence-electron chi connectivity index (χ3n) is 7.33. The van der Waals surface area contributed by atoms with Crippen LogP contribution in [0.1, 0.15) is 37.2 Å². The third kappa shape index (κ3) is 3.81. The topological polar surface area (TPSA) is 96.8 Å². The predicted molar refractivity (Wildman–Crippen MR) is 132 cm³/mol. The van der Waals surface area contributed by atoms with Crippen LogP contribution >= 0.6 is 24.2 Å². The van der Waals surface area contributed by atoms with Crippen molar-refractivity contribution in [2.24, 2.45) is 0 Å². The molecule has 0 radical (unpaired) electrons. The van der Waals surface area contributed by atoms with Gasteiger partial charge >= 0.3 is 0 Å². The van der Waals surface area contributed by atoms with Crippen LogP contribution in [0.25, 0.3) is 22.2 Å². The van der Waals surface area contributed by atoms with Crippen molar-refractivity contribution in [1.82, 2.24) is 9.97 Å². The fraction of sp³-hybridized carbons (Fsp3) is 0.480. The summed E-state index contributed by atoms with van der Waals surface area (Å²) in [6.07, 6.45) is 2.15. The van der Waals surface area contributed by atoms with Crippen molar-refractivity contribution >= 4 is 35.3 Å². The van der Waals surface area contributed by atoms with Crippen LogP contribution in [0.2, 0.25) is 5.02 Å². The van der Waals surface area contributed by atoms with E-state index < -0.39 is 23.2 Å². The fourth-order valence-corrected chi connectivity index (χ4v) is 6.07. The summed E-state index contributed by atoms with van der Waals surface area (Å²) in [6.45, 7) is 0.405. The summed E-state index contributed by atoms with van der Waals surface area (Å²) in [4.78, 5) is 6.69. The maximum absolute atomic E-state index is 10.4. The van der Waals surface area contributed by atoms with Crippen molar-refractivity contribution in [3.05, 3.63) is 47.0 Å². The van der Waals surface area contributed by atoms with Crippen LogP contribution in [-0.4, -0.2) is 62.7 Å². The van der Waals surface area contributed by atoms with Gasteiger partial charge in [0.25, 0.3) is 6.01 Å². The Morgan fingerprint density at radius 3 is 2.71 bits per heavy atom. The van der Waals surface area contributed by atoms with Crippen molar-refractivity contribution in [3.63, 3.8) is 0 Å². The molecule has 6 rings (SSSR count). The first-order valence-electron chi connectivity index (χ1n) is 11.7. The molecule has 1 aliphatic carbocycles. The van der Waals surface area contributed by atoms with Gasteiger partial charge in [0.1, 0.15) is 12.2 Å². The number of rotatable bonds is 4. The number of imidazole rings is 1. The molecule has 2 aromatic carbocycles. The van der Waals surface area contributed by atoms with Crippen LogP contribution in [0, 0.1) is 0 Å². The number of ether oxygens (including phenoxy) is 3. The molecule has 3 N–H and O–H groups in total. The molecule has 3 aromatic rings. The second-order valence-electron chi connectivity index (χ2n) is 9.46. The van der Waals surface area contributed by atoms with Crippen LogP contribution < -0.4 is 4.74 Å². The van der Waals surface area contributed by atoms with Crippen molar-refractivity contribution in [2.45, 2.75) is 61.0 Å². The molecule has 180 valence electrons. The molecule has 3 fully saturated rings. The molecule has 34 heavy (non-hydrogen) atoms. The third-order valence-corrected chi connectivity index (χ3v) is 8.32. The molecular formula is C25H27ClN2O5S. The van der Waals surface area contributed by atoms with E-state index in [9.17, 15) is 10.2 Å². The van der Waals surface area contributed by atoms with E-state index in [1.54, 1.807) is 0 Å². The Kier molecular flexibility index (Phi) is 5.79. The minimum Gasteiger partial charge on any atom is -0.456 e. The average molecular weight is 503 g/mol. The van der Waals surface area contributed by atoms with Gasteiger partial charge in [-0.05, 0) is 36.1 Å². The minimum absolute atomic E-state index is 0.158. The highest BCUT2D eigenvalue weighted by Gasteiger charge is 2.59. The first kappa shape index (κ1) is 22.6. The largest absolute Gasteiger partial charge is 0.456 e. The Morgan fingerprint density at radius 2 is 1.91 bits per heavy atom. The van der Waals surface area contributed by atoms with Gasteiger partial charge in [-0.25, -0.2) is 0 Å². The molecule has 0 bridgehead atoms. The first-order chi connectivity index (χ1) is 16.4. The number of thiol groups is 1. The Balaban J connectivity index is 1.23. The number of aliphatic hydroxyl groups is 2. The molecule has 6 atom stereocenters. The fourth-order valence-electron chi connectivity index (χ4n) is 5.41. The molecular weight excluding hydrogens is 476 g/mol. The van der Waals surface area contributed by atoms with Crippen LogP contribution in [0.5, 0.6) is 6.01 Å². The number of aromatic nitrogens is 2. The van der Waals surface area contributed by atoms with Gasteiger partial charge in [-0.15, -0.1) is 12.6 Å². The lowest BCUT2D eigenvalue weighted by Crippen LogP contribution is -2.43. The summed E-state index contributed by atoms with van der Waals surface area (Å²) in [5, 5.41) is 21.1. The van der Waals surface area contributed by atoms with Gasteiger partial charge in [0.2, 0.25) is 0 Å². The lowest BCUT2D eigenvalue weighted by molar-refractivity contribution is -0.00792.